The van der Waals surface area contributed by atoms with Gasteiger partial charge in [-0.3, -0.25) is 14.7 Å². The molecule has 1 fully saturated rings. The predicted molar refractivity (Wildman–Crippen MR) is 95.1 cm³/mol. The van der Waals surface area contributed by atoms with E-state index in [4.69, 9.17) is 10.1 Å². The van der Waals surface area contributed by atoms with Crippen molar-refractivity contribution in [2.75, 3.05) is 6.54 Å². The molecule has 134 valence electrons. The number of imidazole rings is 1. The van der Waals surface area contributed by atoms with Gasteiger partial charge in [-0.05, 0) is 37.9 Å². The Hall–Kier alpha value is -2.21. The molecule has 1 saturated heterocycles. The number of carboxylic acid groups (broad SMARTS) is 1. The standard InChI is InChI=1S/C19H26N4O2/c1-2-11-22-13-10-20-18(22)14-23-12-4-7-17(23)16-6-3-5-15(21-16)8-9-19(24)25/h3,5-6,10,13,17H,2,4,7-9,11-12,14H2,1H3,(H,24,25). The van der Waals surface area contributed by atoms with Gasteiger partial charge in [0.2, 0.25) is 0 Å². The summed E-state index contributed by atoms with van der Waals surface area (Å²) in [7, 11) is 0. The molecule has 3 rings (SSSR count). The molecular weight excluding hydrogens is 316 g/mol. The number of likely N-dealkylation sites (tertiary alicyclic amines) is 1. The second-order valence-corrected chi connectivity index (χ2v) is 6.61. The first-order valence-electron chi connectivity index (χ1n) is 9.09. The minimum atomic E-state index is -0.780. The fraction of sp³-hybridized carbons (Fsp3) is 0.526. The van der Waals surface area contributed by atoms with Crippen LogP contribution in [-0.2, 0) is 24.3 Å². The molecule has 2 aromatic rings. The minimum absolute atomic E-state index is 0.124. The van der Waals surface area contributed by atoms with Crippen LogP contribution in [0.1, 0.15) is 55.9 Å². The number of aromatic nitrogens is 3. The molecule has 1 atom stereocenters. The monoisotopic (exact) mass is 342 g/mol. The van der Waals surface area contributed by atoms with E-state index in [0.717, 1.165) is 56.1 Å². The molecule has 0 amide bonds. The first kappa shape index (κ1) is 17.6. The van der Waals surface area contributed by atoms with Gasteiger partial charge in [0.1, 0.15) is 5.82 Å². The van der Waals surface area contributed by atoms with Crippen LogP contribution in [0.15, 0.2) is 30.6 Å². The van der Waals surface area contributed by atoms with E-state index in [1.54, 1.807) is 0 Å². The van der Waals surface area contributed by atoms with Crippen LogP contribution in [0.2, 0.25) is 0 Å². The number of pyridine rings is 1. The number of aryl methyl sites for hydroxylation is 2. The van der Waals surface area contributed by atoms with Gasteiger partial charge in [-0.15, -0.1) is 0 Å². The normalized spacial score (nSPS) is 17.9. The molecule has 0 radical (unpaired) electrons. The van der Waals surface area contributed by atoms with E-state index in [0.29, 0.717) is 6.42 Å². The lowest BCUT2D eigenvalue weighted by atomic mass is 10.1. The third kappa shape index (κ3) is 4.45. The fourth-order valence-electron chi connectivity index (χ4n) is 3.53. The maximum Gasteiger partial charge on any atom is 0.303 e. The Morgan fingerprint density at radius 3 is 3.08 bits per heavy atom. The average molecular weight is 342 g/mol. The summed E-state index contributed by atoms with van der Waals surface area (Å²) in [4.78, 5) is 22.5. The van der Waals surface area contributed by atoms with Crippen LogP contribution in [0, 0.1) is 0 Å². The highest BCUT2D eigenvalue weighted by molar-refractivity contribution is 5.66. The lowest BCUT2D eigenvalue weighted by Crippen LogP contribution is -2.25. The molecule has 1 N–H and O–H groups in total. The van der Waals surface area contributed by atoms with Gasteiger partial charge >= 0.3 is 5.97 Å². The van der Waals surface area contributed by atoms with Crippen LogP contribution in [0.25, 0.3) is 0 Å². The number of carboxylic acids is 1. The van der Waals surface area contributed by atoms with Crippen molar-refractivity contribution >= 4 is 5.97 Å². The van der Waals surface area contributed by atoms with Gasteiger partial charge in [-0.1, -0.05) is 13.0 Å². The van der Waals surface area contributed by atoms with Gasteiger partial charge in [0.15, 0.2) is 0 Å². The van der Waals surface area contributed by atoms with Gasteiger partial charge in [0.05, 0.1) is 24.7 Å². The zero-order valence-corrected chi connectivity index (χ0v) is 14.8. The summed E-state index contributed by atoms with van der Waals surface area (Å²) < 4.78 is 2.23. The van der Waals surface area contributed by atoms with E-state index < -0.39 is 5.97 Å². The molecule has 3 heterocycles. The fourth-order valence-corrected chi connectivity index (χ4v) is 3.53. The Bertz CT molecular complexity index is 713. The van der Waals surface area contributed by atoms with Crippen LogP contribution in [0.3, 0.4) is 0 Å². The van der Waals surface area contributed by atoms with Gasteiger partial charge in [-0.2, -0.15) is 0 Å². The van der Waals surface area contributed by atoms with Crippen molar-refractivity contribution in [1.82, 2.24) is 19.4 Å². The van der Waals surface area contributed by atoms with Crippen molar-refractivity contribution in [2.45, 2.75) is 58.2 Å². The Morgan fingerprint density at radius 2 is 2.28 bits per heavy atom. The zero-order chi connectivity index (χ0) is 17.6. The molecule has 25 heavy (non-hydrogen) atoms. The quantitative estimate of drug-likeness (QED) is 0.798. The van der Waals surface area contributed by atoms with Crippen molar-refractivity contribution in [3.8, 4) is 0 Å². The van der Waals surface area contributed by atoms with Crippen molar-refractivity contribution in [1.29, 1.82) is 0 Å². The number of hydrogen-bond acceptors (Lipinski definition) is 4. The molecule has 6 heteroatoms. The molecular formula is C19H26N4O2. The highest BCUT2D eigenvalue weighted by atomic mass is 16.4. The van der Waals surface area contributed by atoms with Crippen LogP contribution in [0.4, 0.5) is 0 Å². The summed E-state index contributed by atoms with van der Waals surface area (Å²) in [5, 5.41) is 8.87. The Kier molecular flexibility index (Phi) is 5.81. The van der Waals surface area contributed by atoms with E-state index >= 15 is 0 Å². The van der Waals surface area contributed by atoms with Gasteiger partial charge < -0.3 is 9.67 Å². The van der Waals surface area contributed by atoms with E-state index in [-0.39, 0.29) is 12.5 Å². The minimum Gasteiger partial charge on any atom is -0.481 e. The maximum absolute atomic E-state index is 10.8. The van der Waals surface area contributed by atoms with Gasteiger partial charge in [0, 0.05) is 31.1 Å². The Labute approximate surface area is 148 Å². The lowest BCUT2D eigenvalue weighted by molar-refractivity contribution is -0.136. The number of rotatable bonds is 8. The van der Waals surface area contributed by atoms with E-state index in [9.17, 15) is 4.79 Å². The van der Waals surface area contributed by atoms with E-state index in [2.05, 4.69) is 33.6 Å². The van der Waals surface area contributed by atoms with Gasteiger partial charge in [-0.25, -0.2) is 4.98 Å². The molecule has 1 aliphatic heterocycles. The topological polar surface area (TPSA) is 71.2 Å². The second-order valence-electron chi connectivity index (χ2n) is 6.61. The van der Waals surface area contributed by atoms with E-state index in [1.165, 1.54) is 0 Å². The number of aliphatic carboxylic acids is 1. The molecule has 2 aromatic heterocycles. The summed E-state index contributed by atoms with van der Waals surface area (Å²) in [6.07, 6.45) is 7.87. The van der Waals surface area contributed by atoms with Crippen LogP contribution in [0.5, 0.6) is 0 Å². The first-order valence-corrected chi connectivity index (χ1v) is 9.09. The number of carbonyl (C=O) groups is 1. The molecule has 1 unspecified atom stereocenters. The number of nitrogens with zero attached hydrogens (tertiary/aromatic N) is 4. The molecule has 0 aliphatic carbocycles. The first-order chi connectivity index (χ1) is 12.2. The maximum atomic E-state index is 10.8. The third-order valence-corrected chi connectivity index (χ3v) is 4.74. The van der Waals surface area contributed by atoms with E-state index in [1.807, 2.05) is 18.3 Å². The van der Waals surface area contributed by atoms with Crippen molar-refractivity contribution < 1.29 is 9.90 Å². The SMILES string of the molecule is CCCn1ccnc1CN1CCCC1c1cccc(CCC(=O)O)n1. The highest BCUT2D eigenvalue weighted by Gasteiger charge is 2.28. The smallest absolute Gasteiger partial charge is 0.303 e. The van der Waals surface area contributed by atoms with Crippen LogP contribution >= 0.6 is 0 Å². The largest absolute Gasteiger partial charge is 0.481 e. The van der Waals surface area contributed by atoms with Crippen molar-refractivity contribution in [2.24, 2.45) is 0 Å². The summed E-state index contributed by atoms with van der Waals surface area (Å²) in [5.41, 5.74) is 1.91. The van der Waals surface area contributed by atoms with Crippen molar-refractivity contribution in [3.63, 3.8) is 0 Å². The lowest BCUT2D eigenvalue weighted by Gasteiger charge is -2.24. The third-order valence-electron chi connectivity index (χ3n) is 4.74. The summed E-state index contributed by atoms with van der Waals surface area (Å²) >= 11 is 0. The van der Waals surface area contributed by atoms with Crippen molar-refractivity contribution in [3.05, 3.63) is 47.8 Å². The van der Waals surface area contributed by atoms with Gasteiger partial charge in [0.25, 0.3) is 0 Å². The van der Waals surface area contributed by atoms with Crippen LogP contribution < -0.4 is 0 Å². The summed E-state index contributed by atoms with van der Waals surface area (Å²) in [6.45, 7) is 5.05. The Balaban J connectivity index is 1.72. The predicted octanol–water partition coefficient (Wildman–Crippen LogP) is 3.04. The number of hydrogen-bond donors (Lipinski definition) is 1. The van der Waals surface area contributed by atoms with Crippen LogP contribution in [-0.4, -0.2) is 37.1 Å². The summed E-state index contributed by atoms with van der Waals surface area (Å²) in [5.74, 6) is 0.327. The molecule has 0 aromatic carbocycles. The molecule has 0 saturated carbocycles. The second kappa shape index (κ2) is 8.25. The average Bonchev–Trinajstić information content (AvgIpc) is 3.24. The zero-order valence-electron chi connectivity index (χ0n) is 14.8. The molecule has 0 bridgehead atoms. The summed E-state index contributed by atoms with van der Waals surface area (Å²) in [6, 6.07) is 6.26. The molecule has 1 aliphatic rings. The Morgan fingerprint density at radius 1 is 1.40 bits per heavy atom. The molecule has 6 nitrogen and oxygen atoms in total. The molecule has 0 spiro atoms. The highest BCUT2D eigenvalue weighted by Crippen LogP contribution is 2.32.